The van der Waals surface area contributed by atoms with Gasteiger partial charge in [-0.2, -0.15) is 0 Å². The van der Waals surface area contributed by atoms with Crippen molar-refractivity contribution in [2.75, 3.05) is 19.6 Å². The number of piperidine rings is 1. The summed E-state index contributed by atoms with van der Waals surface area (Å²) in [6.45, 7) is 6.72. The SMILES string of the molecule is CC(C)(C)OC(=O)N1CCC([C@H](O)CN=[N+]=[N-])CC1. The molecule has 1 rings (SSSR count). The fourth-order valence-electron chi connectivity index (χ4n) is 2.06. The summed E-state index contributed by atoms with van der Waals surface area (Å²) in [5, 5.41) is 13.2. The normalized spacial score (nSPS) is 18.6. The Morgan fingerprint density at radius 1 is 1.53 bits per heavy atom. The maximum Gasteiger partial charge on any atom is 0.410 e. The summed E-state index contributed by atoms with van der Waals surface area (Å²) in [6.07, 6.45) is 0.454. The van der Waals surface area contributed by atoms with E-state index in [0.29, 0.717) is 25.9 Å². The summed E-state index contributed by atoms with van der Waals surface area (Å²) in [6, 6.07) is 0. The predicted molar refractivity (Wildman–Crippen MR) is 70.6 cm³/mol. The van der Waals surface area contributed by atoms with Crippen LogP contribution in [0.25, 0.3) is 10.4 Å². The summed E-state index contributed by atoms with van der Waals surface area (Å²) in [5.74, 6) is 0.0733. The molecule has 1 saturated heterocycles. The topological polar surface area (TPSA) is 98.5 Å². The number of aliphatic hydroxyl groups is 1. The highest BCUT2D eigenvalue weighted by Gasteiger charge is 2.29. The molecule has 108 valence electrons. The lowest BCUT2D eigenvalue weighted by Crippen LogP contribution is -2.44. The fraction of sp³-hybridized carbons (Fsp3) is 0.917. The fourth-order valence-corrected chi connectivity index (χ4v) is 2.06. The number of carbonyl (C=O) groups is 1. The van der Waals surface area contributed by atoms with Crippen molar-refractivity contribution in [3.05, 3.63) is 10.4 Å². The van der Waals surface area contributed by atoms with Gasteiger partial charge in [-0.3, -0.25) is 0 Å². The number of hydrogen-bond donors (Lipinski definition) is 1. The first kappa shape index (κ1) is 15.6. The van der Waals surface area contributed by atoms with Crippen LogP contribution in [0.5, 0.6) is 0 Å². The number of nitrogens with zero attached hydrogens (tertiary/aromatic N) is 4. The van der Waals surface area contributed by atoms with Crippen molar-refractivity contribution in [3.8, 4) is 0 Å². The van der Waals surface area contributed by atoms with Crippen molar-refractivity contribution in [1.82, 2.24) is 4.90 Å². The molecule has 0 aromatic heterocycles. The van der Waals surface area contributed by atoms with Gasteiger partial charge in [0.25, 0.3) is 0 Å². The van der Waals surface area contributed by atoms with Crippen LogP contribution in [0.1, 0.15) is 33.6 Å². The van der Waals surface area contributed by atoms with Crippen LogP contribution in [-0.4, -0.2) is 47.4 Å². The van der Waals surface area contributed by atoms with E-state index in [9.17, 15) is 9.90 Å². The molecule has 1 N–H and O–H groups in total. The van der Waals surface area contributed by atoms with Gasteiger partial charge in [0.2, 0.25) is 0 Å². The van der Waals surface area contributed by atoms with Gasteiger partial charge in [0, 0.05) is 18.0 Å². The molecule has 0 aromatic rings. The molecule has 1 atom stereocenters. The van der Waals surface area contributed by atoms with Crippen LogP contribution < -0.4 is 0 Å². The third-order valence-electron chi connectivity index (χ3n) is 3.07. The maximum absolute atomic E-state index is 11.8. The summed E-state index contributed by atoms with van der Waals surface area (Å²) < 4.78 is 5.30. The number of ether oxygens (including phenoxy) is 1. The second-order valence-corrected chi connectivity index (χ2v) is 5.79. The Morgan fingerprint density at radius 3 is 2.58 bits per heavy atom. The van der Waals surface area contributed by atoms with E-state index in [0.717, 1.165) is 0 Å². The zero-order chi connectivity index (χ0) is 14.5. The van der Waals surface area contributed by atoms with Crippen molar-refractivity contribution in [1.29, 1.82) is 0 Å². The van der Waals surface area contributed by atoms with E-state index in [1.807, 2.05) is 20.8 Å². The minimum absolute atomic E-state index is 0.0733. The highest BCUT2D eigenvalue weighted by molar-refractivity contribution is 5.68. The number of amides is 1. The predicted octanol–water partition coefficient (Wildman–Crippen LogP) is 2.30. The minimum Gasteiger partial charge on any atom is -0.444 e. The van der Waals surface area contributed by atoms with Crippen molar-refractivity contribution >= 4 is 6.09 Å². The average molecular weight is 270 g/mol. The van der Waals surface area contributed by atoms with Crippen LogP contribution in [0.4, 0.5) is 4.79 Å². The zero-order valence-corrected chi connectivity index (χ0v) is 11.7. The summed E-state index contributed by atoms with van der Waals surface area (Å²) in [7, 11) is 0. The number of rotatable bonds is 3. The van der Waals surface area contributed by atoms with Crippen LogP contribution in [0.15, 0.2) is 5.11 Å². The lowest BCUT2D eigenvalue weighted by Gasteiger charge is -2.34. The molecule has 0 aromatic carbocycles. The van der Waals surface area contributed by atoms with Crippen LogP contribution in [0.3, 0.4) is 0 Å². The molecular formula is C12H22N4O3. The van der Waals surface area contributed by atoms with Crippen LogP contribution >= 0.6 is 0 Å². The Bertz CT molecular complexity index is 352. The second kappa shape index (κ2) is 6.63. The van der Waals surface area contributed by atoms with Gasteiger partial charge in [-0.05, 0) is 45.1 Å². The summed E-state index contributed by atoms with van der Waals surface area (Å²) in [4.78, 5) is 16.1. The first-order valence-corrected chi connectivity index (χ1v) is 6.50. The van der Waals surface area contributed by atoms with Crippen LogP contribution in [0.2, 0.25) is 0 Å². The number of hydrogen-bond acceptors (Lipinski definition) is 4. The van der Waals surface area contributed by atoms with Gasteiger partial charge in [-0.15, -0.1) is 0 Å². The molecular weight excluding hydrogens is 248 g/mol. The quantitative estimate of drug-likeness (QED) is 0.484. The van der Waals surface area contributed by atoms with E-state index in [4.69, 9.17) is 10.3 Å². The molecule has 0 spiro atoms. The number of azide groups is 1. The third-order valence-corrected chi connectivity index (χ3v) is 3.07. The first-order valence-electron chi connectivity index (χ1n) is 6.50. The smallest absolute Gasteiger partial charge is 0.410 e. The molecule has 0 radical (unpaired) electrons. The maximum atomic E-state index is 11.8. The minimum atomic E-state index is -0.628. The third kappa shape index (κ3) is 5.36. The summed E-state index contributed by atoms with van der Waals surface area (Å²) in [5.41, 5.74) is 7.72. The molecule has 19 heavy (non-hydrogen) atoms. The number of carbonyl (C=O) groups excluding carboxylic acids is 1. The Labute approximate surface area is 113 Å². The Balaban J connectivity index is 2.40. The largest absolute Gasteiger partial charge is 0.444 e. The van der Waals surface area contributed by atoms with E-state index >= 15 is 0 Å². The molecule has 1 heterocycles. The first-order chi connectivity index (χ1) is 8.83. The Hall–Kier alpha value is -1.46. The van der Waals surface area contributed by atoms with Crippen molar-refractivity contribution in [2.45, 2.75) is 45.3 Å². The van der Waals surface area contributed by atoms with Crippen molar-refractivity contribution in [2.24, 2.45) is 11.0 Å². The molecule has 1 aliphatic heterocycles. The van der Waals surface area contributed by atoms with E-state index < -0.39 is 11.7 Å². The molecule has 0 unspecified atom stereocenters. The standard InChI is InChI=1S/C12H22N4O3/c1-12(2,3)19-11(18)16-6-4-9(5-7-16)10(17)8-14-15-13/h9-10,17H,4-8H2,1-3H3/t10-/m1/s1. The van der Waals surface area contributed by atoms with E-state index in [2.05, 4.69) is 10.0 Å². The van der Waals surface area contributed by atoms with Gasteiger partial charge in [0.15, 0.2) is 0 Å². The van der Waals surface area contributed by atoms with E-state index in [1.54, 1.807) is 4.90 Å². The average Bonchev–Trinajstić information content (AvgIpc) is 2.34. The van der Waals surface area contributed by atoms with E-state index in [1.165, 1.54) is 0 Å². The van der Waals surface area contributed by atoms with Crippen LogP contribution in [0, 0.1) is 5.92 Å². The van der Waals surface area contributed by atoms with Gasteiger partial charge >= 0.3 is 6.09 Å². The molecule has 7 nitrogen and oxygen atoms in total. The monoisotopic (exact) mass is 270 g/mol. The van der Waals surface area contributed by atoms with Crippen LogP contribution in [-0.2, 0) is 4.74 Å². The molecule has 7 heteroatoms. The highest BCUT2D eigenvalue weighted by atomic mass is 16.6. The van der Waals surface area contributed by atoms with Gasteiger partial charge < -0.3 is 14.7 Å². The molecule has 0 aliphatic carbocycles. The van der Waals surface area contributed by atoms with Gasteiger partial charge in [-0.1, -0.05) is 5.11 Å². The second-order valence-electron chi connectivity index (χ2n) is 5.79. The van der Waals surface area contributed by atoms with Gasteiger partial charge in [0.05, 0.1) is 12.6 Å². The lowest BCUT2D eigenvalue weighted by molar-refractivity contribution is 0.00903. The van der Waals surface area contributed by atoms with Crippen molar-refractivity contribution in [3.63, 3.8) is 0 Å². The molecule has 0 saturated carbocycles. The lowest BCUT2D eigenvalue weighted by atomic mass is 9.91. The Kier molecular flexibility index (Phi) is 5.44. The highest BCUT2D eigenvalue weighted by Crippen LogP contribution is 2.22. The van der Waals surface area contributed by atoms with Crippen molar-refractivity contribution < 1.29 is 14.6 Å². The number of likely N-dealkylation sites (tertiary alicyclic amines) is 1. The van der Waals surface area contributed by atoms with Gasteiger partial charge in [0.1, 0.15) is 5.60 Å². The zero-order valence-electron chi connectivity index (χ0n) is 11.7. The molecule has 1 fully saturated rings. The summed E-state index contributed by atoms with van der Waals surface area (Å²) >= 11 is 0. The molecule has 1 amide bonds. The Morgan fingerprint density at radius 2 is 2.11 bits per heavy atom. The van der Waals surface area contributed by atoms with Gasteiger partial charge in [-0.25, -0.2) is 4.79 Å². The molecule has 0 bridgehead atoms. The molecule has 1 aliphatic rings. The van der Waals surface area contributed by atoms with E-state index in [-0.39, 0.29) is 18.6 Å². The number of aliphatic hydroxyl groups excluding tert-OH is 1.